The van der Waals surface area contributed by atoms with Crippen LogP contribution in [0.2, 0.25) is 13.1 Å². The molecule has 0 saturated carbocycles. The number of hydrogen-bond acceptors (Lipinski definition) is 0. The van der Waals surface area contributed by atoms with Gasteiger partial charge in [0.1, 0.15) is 0 Å². The Hall–Kier alpha value is 0.640. The van der Waals surface area contributed by atoms with Crippen molar-refractivity contribution in [3.05, 3.63) is 46.6 Å². The van der Waals surface area contributed by atoms with Crippen molar-refractivity contribution in [2.75, 3.05) is 0 Å². The maximum absolute atomic E-state index is 3.19. The first-order valence-electron chi connectivity index (χ1n) is 6.22. The summed E-state index contributed by atoms with van der Waals surface area (Å²) in [6, 6.07) is 0. The zero-order valence-electron chi connectivity index (χ0n) is 13.5. The summed E-state index contributed by atoms with van der Waals surface area (Å²) in [5, 5.41) is 0. The minimum Gasteiger partial charge on any atom is -0.270 e. The van der Waals surface area contributed by atoms with E-state index >= 15 is 0 Å². The summed E-state index contributed by atoms with van der Waals surface area (Å²) in [6.45, 7) is 12.8. The van der Waals surface area contributed by atoms with Crippen molar-refractivity contribution in [1.82, 2.24) is 0 Å². The smallest absolute Gasteiger partial charge is 0.270 e. The molecule has 0 atom stereocenters. The third-order valence-corrected chi connectivity index (χ3v) is 2.22. The fraction of sp³-hybridized carbons (Fsp3) is 0.500. The van der Waals surface area contributed by atoms with E-state index in [1.165, 1.54) is 22.3 Å². The van der Waals surface area contributed by atoms with Gasteiger partial charge in [-0.05, 0) is 0 Å². The number of halogens is 2. The van der Waals surface area contributed by atoms with Crippen molar-refractivity contribution in [1.29, 1.82) is 0 Å². The largest absolute Gasteiger partial charge is 2.00 e. The number of rotatable bonds is 0. The average molecular weight is 410 g/mol. The van der Waals surface area contributed by atoms with E-state index in [1.807, 2.05) is 0 Å². The molecule has 2 rings (SSSR count). The Bertz CT molecular complexity index is 321. The fourth-order valence-electron chi connectivity index (χ4n) is 1.50. The van der Waals surface area contributed by atoms with E-state index in [-0.39, 0.29) is 51.0 Å². The van der Waals surface area contributed by atoms with Crippen LogP contribution >= 0.6 is 24.8 Å². The van der Waals surface area contributed by atoms with Crippen LogP contribution in [0, 0.1) is 12.2 Å². The Labute approximate surface area is 160 Å². The van der Waals surface area contributed by atoms with Gasteiger partial charge in [0.2, 0.25) is 0 Å². The van der Waals surface area contributed by atoms with Gasteiger partial charge in [-0.25, -0.2) is 23.3 Å². The predicted molar refractivity (Wildman–Crippen MR) is 95.0 cm³/mol. The Morgan fingerprint density at radius 2 is 1.05 bits per heavy atom. The maximum Gasteiger partial charge on any atom is 2.00 e. The molecule has 0 nitrogen and oxygen atoms in total. The first-order valence-corrected chi connectivity index (χ1v) is 8.53. The third-order valence-electron chi connectivity index (χ3n) is 2.22. The standard InChI is InChI=1S/2C7H9.C2H7Si.2ClH.Zr/c2*1-6-3-4-7(2)5-6;1-3-2;;;/h2*5H,3H2,1-2H3;3H,1-2H3;2*1H;/q2*-1;;;;+2. The van der Waals surface area contributed by atoms with E-state index in [2.05, 4.69) is 65.1 Å². The van der Waals surface area contributed by atoms with Crippen LogP contribution in [0.25, 0.3) is 0 Å². The summed E-state index contributed by atoms with van der Waals surface area (Å²) >= 11 is 0. The molecule has 0 spiro atoms. The molecule has 0 saturated heterocycles. The van der Waals surface area contributed by atoms with Crippen molar-refractivity contribution < 1.29 is 26.2 Å². The molecular formula is C16H27Cl2SiZr. The van der Waals surface area contributed by atoms with Crippen LogP contribution in [0.3, 0.4) is 0 Å². The molecule has 0 aromatic rings. The molecule has 0 aliphatic heterocycles. The second-order valence-corrected chi connectivity index (χ2v) is 5.79. The summed E-state index contributed by atoms with van der Waals surface area (Å²) in [5.41, 5.74) is 5.44. The van der Waals surface area contributed by atoms with Crippen LogP contribution in [0.15, 0.2) is 34.4 Å². The minimum absolute atomic E-state index is 0. The summed E-state index contributed by atoms with van der Waals surface area (Å²) in [7, 11) is 0.750. The van der Waals surface area contributed by atoms with E-state index in [1.54, 1.807) is 0 Å². The van der Waals surface area contributed by atoms with Crippen LogP contribution in [-0.2, 0) is 26.2 Å². The van der Waals surface area contributed by atoms with E-state index in [9.17, 15) is 0 Å². The predicted octanol–water partition coefficient (Wildman–Crippen LogP) is 5.53. The van der Waals surface area contributed by atoms with E-state index in [0.29, 0.717) is 0 Å². The van der Waals surface area contributed by atoms with E-state index in [4.69, 9.17) is 0 Å². The van der Waals surface area contributed by atoms with Gasteiger partial charge in [-0.15, -0.1) is 37.7 Å². The number of hydrogen-bond donors (Lipinski definition) is 0. The van der Waals surface area contributed by atoms with Crippen LogP contribution in [0.5, 0.6) is 0 Å². The van der Waals surface area contributed by atoms with Crippen molar-refractivity contribution in [2.45, 2.75) is 53.6 Å². The monoisotopic (exact) mass is 407 g/mol. The molecule has 0 unspecified atom stereocenters. The molecule has 113 valence electrons. The van der Waals surface area contributed by atoms with Gasteiger partial charge in [0.25, 0.3) is 0 Å². The molecule has 0 aromatic heterocycles. The van der Waals surface area contributed by atoms with Gasteiger partial charge in [0.05, 0.1) is 0 Å². The van der Waals surface area contributed by atoms with Crippen molar-refractivity contribution in [3.63, 3.8) is 0 Å². The average Bonchev–Trinajstić information content (AvgIpc) is 2.78. The zero-order valence-corrected chi connectivity index (χ0v) is 18.7. The van der Waals surface area contributed by atoms with Gasteiger partial charge < -0.3 is 0 Å². The van der Waals surface area contributed by atoms with Crippen molar-refractivity contribution >= 4 is 34.3 Å². The molecule has 2 aliphatic rings. The molecule has 0 heterocycles. The molecule has 0 fully saturated rings. The van der Waals surface area contributed by atoms with E-state index in [0.717, 1.165) is 22.4 Å². The maximum atomic E-state index is 3.19. The van der Waals surface area contributed by atoms with Gasteiger partial charge in [0.15, 0.2) is 0 Å². The third kappa shape index (κ3) is 16.7. The molecule has 2 aliphatic carbocycles. The molecule has 0 bridgehead atoms. The molecule has 20 heavy (non-hydrogen) atoms. The summed E-state index contributed by atoms with van der Waals surface area (Å²) in [6.07, 6.45) is 12.8. The summed E-state index contributed by atoms with van der Waals surface area (Å²) < 4.78 is 0. The van der Waals surface area contributed by atoms with Gasteiger partial charge in [-0.1, -0.05) is 40.8 Å². The molecule has 0 amide bonds. The Balaban J connectivity index is -0.0000000956. The second kappa shape index (κ2) is 17.7. The number of allylic oxidation sites excluding steroid dienone is 8. The second-order valence-electron chi connectivity index (χ2n) is 4.63. The molecule has 1 radical (unpaired) electrons. The van der Waals surface area contributed by atoms with Crippen molar-refractivity contribution in [2.24, 2.45) is 0 Å². The Morgan fingerprint density at radius 1 is 0.800 bits per heavy atom. The molecule has 0 N–H and O–H groups in total. The minimum atomic E-state index is 0. The Morgan fingerprint density at radius 3 is 1.10 bits per heavy atom. The fourth-order valence-corrected chi connectivity index (χ4v) is 1.50. The molecule has 0 aromatic carbocycles. The summed E-state index contributed by atoms with van der Waals surface area (Å²) in [5.74, 6) is 0. The van der Waals surface area contributed by atoms with Gasteiger partial charge in [-0.3, -0.25) is 12.2 Å². The van der Waals surface area contributed by atoms with Gasteiger partial charge in [0, 0.05) is 9.52 Å². The quantitative estimate of drug-likeness (QED) is 0.364. The molecular weight excluding hydrogens is 382 g/mol. The first-order chi connectivity index (χ1) is 7.99. The summed E-state index contributed by atoms with van der Waals surface area (Å²) in [4.78, 5) is 0. The van der Waals surface area contributed by atoms with Crippen LogP contribution in [0.1, 0.15) is 40.5 Å². The molecule has 4 heteroatoms. The normalized spacial score (nSPS) is 14.3. The Kier molecular flexibility index (Phi) is 25.4. The van der Waals surface area contributed by atoms with Crippen molar-refractivity contribution in [3.8, 4) is 0 Å². The van der Waals surface area contributed by atoms with Crippen LogP contribution in [-0.4, -0.2) is 9.52 Å². The SMILES string of the molecule is CC1=[C-]CC(C)=C1.CC1=[C-]CC(C)=C1.C[SiH]C.Cl.Cl.[Zr+2]. The van der Waals surface area contributed by atoms with E-state index < -0.39 is 0 Å². The van der Waals surface area contributed by atoms with Crippen LogP contribution < -0.4 is 0 Å². The topological polar surface area (TPSA) is 0 Å². The van der Waals surface area contributed by atoms with Crippen LogP contribution in [0.4, 0.5) is 0 Å². The first kappa shape index (κ1) is 28.8. The van der Waals surface area contributed by atoms with Gasteiger partial charge in [-0.2, -0.15) is 11.1 Å². The van der Waals surface area contributed by atoms with Gasteiger partial charge >= 0.3 is 26.2 Å². The zero-order chi connectivity index (χ0) is 13.3.